The summed E-state index contributed by atoms with van der Waals surface area (Å²) in [7, 11) is 0. The molecule has 19 heavy (non-hydrogen) atoms. The van der Waals surface area contributed by atoms with Gasteiger partial charge in [-0.3, -0.25) is 4.90 Å². The quantitative estimate of drug-likeness (QED) is 0.811. The van der Waals surface area contributed by atoms with Gasteiger partial charge in [-0.2, -0.15) is 0 Å². The monoisotopic (exact) mass is 281 g/mol. The van der Waals surface area contributed by atoms with Crippen molar-refractivity contribution >= 4 is 23.4 Å². The normalized spacial score (nSPS) is 22.1. The smallest absolute Gasteiger partial charge is 0.328 e. The summed E-state index contributed by atoms with van der Waals surface area (Å²) >= 11 is 1.62. The molecule has 2 heterocycles. The van der Waals surface area contributed by atoms with Crippen LogP contribution < -0.4 is 0 Å². The van der Waals surface area contributed by atoms with Crippen LogP contribution in [0.15, 0.2) is 18.2 Å². The van der Waals surface area contributed by atoms with E-state index in [0.29, 0.717) is 5.92 Å². The minimum Gasteiger partial charge on any atom is -0.478 e. The average Bonchev–Trinajstić information content (AvgIpc) is 2.96. The molecule has 2 atom stereocenters. The SMILES string of the molecule is CC(O)C1CCN(Cc2ccc(/C=C/C(=O)O)s2)C1. The summed E-state index contributed by atoms with van der Waals surface area (Å²) in [6, 6.07) is 3.99. The molecule has 1 saturated heterocycles. The van der Waals surface area contributed by atoms with Crippen LogP contribution in [0.4, 0.5) is 0 Å². The summed E-state index contributed by atoms with van der Waals surface area (Å²) in [4.78, 5) is 15.0. The van der Waals surface area contributed by atoms with Crippen molar-refractivity contribution < 1.29 is 15.0 Å². The zero-order chi connectivity index (χ0) is 13.8. The van der Waals surface area contributed by atoms with E-state index in [-0.39, 0.29) is 6.10 Å². The molecule has 4 nitrogen and oxygen atoms in total. The van der Waals surface area contributed by atoms with Gasteiger partial charge in [-0.15, -0.1) is 11.3 Å². The first-order chi connectivity index (χ1) is 9.04. The Morgan fingerprint density at radius 1 is 1.63 bits per heavy atom. The predicted octanol–water partition coefficient (Wildman–Crippen LogP) is 2.05. The van der Waals surface area contributed by atoms with Crippen LogP contribution in [0.1, 0.15) is 23.1 Å². The van der Waals surface area contributed by atoms with Crippen LogP contribution >= 0.6 is 11.3 Å². The molecule has 1 aromatic heterocycles. The van der Waals surface area contributed by atoms with Gasteiger partial charge in [0.2, 0.25) is 0 Å². The zero-order valence-corrected chi connectivity index (χ0v) is 11.8. The standard InChI is InChI=1S/C14H19NO3S/c1-10(16)11-6-7-15(8-11)9-13-3-2-12(19-13)4-5-14(17)18/h2-5,10-11,16H,6-9H2,1H3,(H,17,18)/b5-4+. The molecule has 0 spiro atoms. The Labute approximate surface area is 117 Å². The fourth-order valence-corrected chi connectivity index (χ4v) is 3.30. The van der Waals surface area contributed by atoms with E-state index in [0.717, 1.165) is 37.0 Å². The Morgan fingerprint density at radius 2 is 2.42 bits per heavy atom. The Bertz CT molecular complexity index is 467. The Balaban J connectivity index is 1.89. The first kappa shape index (κ1) is 14.2. The van der Waals surface area contributed by atoms with E-state index in [1.165, 1.54) is 4.88 Å². The number of carboxylic acids is 1. The van der Waals surface area contributed by atoms with E-state index in [1.54, 1.807) is 17.4 Å². The number of nitrogens with zero attached hydrogens (tertiary/aromatic N) is 1. The van der Waals surface area contributed by atoms with E-state index in [1.807, 2.05) is 19.1 Å². The van der Waals surface area contributed by atoms with E-state index < -0.39 is 5.97 Å². The van der Waals surface area contributed by atoms with Crippen LogP contribution in [-0.4, -0.2) is 40.3 Å². The lowest BCUT2D eigenvalue weighted by molar-refractivity contribution is -0.131. The van der Waals surface area contributed by atoms with Gasteiger partial charge in [0.05, 0.1) is 6.10 Å². The number of rotatable bonds is 5. The number of hydrogen-bond acceptors (Lipinski definition) is 4. The predicted molar refractivity (Wildman–Crippen MR) is 76.1 cm³/mol. The van der Waals surface area contributed by atoms with Gasteiger partial charge in [0.15, 0.2) is 0 Å². The molecule has 0 bridgehead atoms. The summed E-state index contributed by atoms with van der Waals surface area (Å²) in [5, 5.41) is 18.2. The van der Waals surface area contributed by atoms with Crippen LogP contribution in [0.5, 0.6) is 0 Å². The number of carboxylic acid groups (broad SMARTS) is 1. The molecule has 2 rings (SSSR count). The van der Waals surface area contributed by atoms with Crippen LogP contribution in [0.3, 0.4) is 0 Å². The molecule has 2 N–H and O–H groups in total. The minimum atomic E-state index is -0.922. The highest BCUT2D eigenvalue weighted by molar-refractivity contribution is 7.12. The van der Waals surface area contributed by atoms with Crippen molar-refractivity contribution in [1.29, 1.82) is 0 Å². The Morgan fingerprint density at radius 3 is 3.05 bits per heavy atom. The molecular formula is C14H19NO3S. The lowest BCUT2D eigenvalue weighted by Crippen LogP contribution is -2.23. The second-order valence-corrected chi connectivity index (χ2v) is 6.20. The van der Waals surface area contributed by atoms with Gasteiger partial charge in [0.1, 0.15) is 0 Å². The molecule has 2 unspecified atom stereocenters. The number of aliphatic hydroxyl groups excluding tert-OH is 1. The van der Waals surface area contributed by atoms with E-state index >= 15 is 0 Å². The fraction of sp³-hybridized carbons (Fsp3) is 0.500. The molecule has 5 heteroatoms. The van der Waals surface area contributed by atoms with Crippen LogP contribution in [0.25, 0.3) is 6.08 Å². The van der Waals surface area contributed by atoms with Gasteiger partial charge in [-0.1, -0.05) is 0 Å². The van der Waals surface area contributed by atoms with Crippen molar-refractivity contribution in [3.63, 3.8) is 0 Å². The highest BCUT2D eigenvalue weighted by Crippen LogP contribution is 2.25. The number of likely N-dealkylation sites (tertiary alicyclic amines) is 1. The molecule has 0 radical (unpaired) electrons. The molecular weight excluding hydrogens is 262 g/mol. The van der Waals surface area contributed by atoms with Crippen LogP contribution in [0, 0.1) is 5.92 Å². The minimum absolute atomic E-state index is 0.234. The third kappa shape index (κ3) is 4.16. The van der Waals surface area contributed by atoms with Crippen molar-refractivity contribution in [2.24, 2.45) is 5.92 Å². The van der Waals surface area contributed by atoms with E-state index in [9.17, 15) is 9.90 Å². The van der Waals surface area contributed by atoms with Crippen molar-refractivity contribution in [3.8, 4) is 0 Å². The molecule has 104 valence electrons. The Kier molecular flexibility index (Phi) is 4.74. The summed E-state index contributed by atoms with van der Waals surface area (Å²) in [5.74, 6) is -0.541. The van der Waals surface area contributed by atoms with Crippen LogP contribution in [0.2, 0.25) is 0 Å². The number of hydrogen-bond donors (Lipinski definition) is 2. The molecule has 0 aliphatic carbocycles. The maximum Gasteiger partial charge on any atom is 0.328 e. The van der Waals surface area contributed by atoms with Gasteiger partial charge in [0.25, 0.3) is 0 Å². The number of carbonyl (C=O) groups is 1. The highest BCUT2D eigenvalue weighted by Gasteiger charge is 2.25. The van der Waals surface area contributed by atoms with Gasteiger partial charge < -0.3 is 10.2 Å². The van der Waals surface area contributed by atoms with Gasteiger partial charge in [-0.25, -0.2) is 4.79 Å². The largest absolute Gasteiger partial charge is 0.478 e. The highest BCUT2D eigenvalue weighted by atomic mass is 32.1. The molecule has 1 aromatic rings. The maximum absolute atomic E-state index is 10.4. The second kappa shape index (κ2) is 6.32. The van der Waals surface area contributed by atoms with Gasteiger partial charge >= 0.3 is 5.97 Å². The topological polar surface area (TPSA) is 60.8 Å². The third-order valence-electron chi connectivity index (χ3n) is 3.44. The van der Waals surface area contributed by atoms with E-state index in [2.05, 4.69) is 4.90 Å². The van der Waals surface area contributed by atoms with Crippen molar-refractivity contribution in [2.45, 2.75) is 26.0 Å². The first-order valence-corrected chi connectivity index (χ1v) is 7.26. The lowest BCUT2D eigenvalue weighted by atomic mass is 10.0. The average molecular weight is 281 g/mol. The molecule has 0 aromatic carbocycles. The third-order valence-corrected chi connectivity index (χ3v) is 4.48. The summed E-state index contributed by atoms with van der Waals surface area (Å²) in [6.45, 7) is 4.70. The number of aliphatic hydroxyl groups is 1. The van der Waals surface area contributed by atoms with Crippen molar-refractivity contribution in [1.82, 2.24) is 4.90 Å². The van der Waals surface area contributed by atoms with Crippen molar-refractivity contribution in [3.05, 3.63) is 28.0 Å². The van der Waals surface area contributed by atoms with E-state index in [4.69, 9.17) is 5.11 Å². The molecule has 1 aliphatic rings. The first-order valence-electron chi connectivity index (χ1n) is 6.44. The lowest BCUT2D eigenvalue weighted by Gasteiger charge is -2.16. The number of aliphatic carboxylic acids is 1. The maximum atomic E-state index is 10.4. The summed E-state index contributed by atoms with van der Waals surface area (Å²) < 4.78 is 0. The second-order valence-electron chi connectivity index (χ2n) is 5.00. The Hall–Kier alpha value is -1.17. The van der Waals surface area contributed by atoms with Gasteiger partial charge in [-0.05, 0) is 44.0 Å². The summed E-state index contributed by atoms with van der Waals surface area (Å²) in [6.07, 6.45) is 3.60. The molecule has 0 saturated carbocycles. The molecule has 1 aliphatic heterocycles. The van der Waals surface area contributed by atoms with Crippen molar-refractivity contribution in [2.75, 3.05) is 13.1 Å². The number of thiophene rings is 1. The van der Waals surface area contributed by atoms with Crippen LogP contribution in [-0.2, 0) is 11.3 Å². The van der Waals surface area contributed by atoms with Gasteiger partial charge in [0, 0.05) is 28.9 Å². The molecule has 0 amide bonds. The zero-order valence-electron chi connectivity index (χ0n) is 11.0. The fourth-order valence-electron chi connectivity index (χ4n) is 2.34. The molecule has 1 fully saturated rings. The summed E-state index contributed by atoms with van der Waals surface area (Å²) in [5.41, 5.74) is 0.